The topological polar surface area (TPSA) is 69.6 Å². The number of amides is 2. The first-order valence-electron chi connectivity index (χ1n) is 9.07. The zero-order chi connectivity index (χ0) is 17.8. The molecule has 2 amide bonds. The van der Waals surface area contributed by atoms with Gasteiger partial charge in [0.1, 0.15) is 0 Å². The molecule has 1 aliphatic carbocycles. The molecule has 2 fully saturated rings. The average molecular weight is 342 g/mol. The van der Waals surface area contributed by atoms with Crippen LogP contribution in [0.2, 0.25) is 0 Å². The Morgan fingerprint density at radius 1 is 1.20 bits per heavy atom. The number of hydrogen-bond donors (Lipinski definition) is 2. The van der Waals surface area contributed by atoms with Crippen LogP contribution >= 0.6 is 0 Å². The largest absolute Gasteiger partial charge is 0.396 e. The highest BCUT2D eigenvalue weighted by atomic mass is 16.3. The lowest BCUT2D eigenvalue weighted by atomic mass is 9.94. The lowest BCUT2D eigenvalue weighted by Crippen LogP contribution is -2.45. The molecule has 2 atom stereocenters. The van der Waals surface area contributed by atoms with Crippen molar-refractivity contribution in [2.45, 2.75) is 44.7 Å². The van der Waals surface area contributed by atoms with E-state index in [9.17, 15) is 14.7 Å². The Morgan fingerprint density at radius 2 is 1.92 bits per heavy atom. The molecule has 25 heavy (non-hydrogen) atoms. The number of nitrogens with zero attached hydrogens (tertiary/aromatic N) is 1. The molecule has 2 N–H and O–H groups in total. The first-order chi connectivity index (χ1) is 12.1. The Kier molecular flexibility index (Phi) is 5.53. The van der Waals surface area contributed by atoms with Crippen molar-refractivity contribution in [2.24, 2.45) is 5.92 Å². The number of carbonyl (C=O) groups excluding carboxylic acids is 2. The van der Waals surface area contributed by atoms with E-state index in [0.29, 0.717) is 18.2 Å². The lowest BCUT2D eigenvalue weighted by Gasteiger charge is -2.36. The van der Waals surface area contributed by atoms with Crippen molar-refractivity contribution in [1.29, 1.82) is 0 Å². The van der Waals surface area contributed by atoms with E-state index in [1.807, 2.05) is 24.0 Å². The van der Waals surface area contributed by atoms with E-state index in [1.54, 1.807) is 24.3 Å². The van der Waals surface area contributed by atoms with Gasteiger partial charge in [0.2, 0.25) is 5.91 Å². The maximum Gasteiger partial charge on any atom is 0.251 e. The highest BCUT2D eigenvalue weighted by molar-refractivity contribution is 5.95. The van der Waals surface area contributed by atoms with Gasteiger partial charge >= 0.3 is 0 Å². The van der Waals surface area contributed by atoms with E-state index in [1.165, 1.54) is 0 Å². The average Bonchev–Trinajstić information content (AvgIpc) is 3.44. The summed E-state index contributed by atoms with van der Waals surface area (Å²) in [6.07, 6.45) is 7.39. The highest BCUT2D eigenvalue weighted by Gasteiger charge is 2.27. The first-order valence-corrected chi connectivity index (χ1v) is 9.07. The van der Waals surface area contributed by atoms with Crippen molar-refractivity contribution in [3.8, 4) is 0 Å². The molecule has 2 aliphatic rings. The summed E-state index contributed by atoms with van der Waals surface area (Å²) < 4.78 is 0. The third-order valence-electron chi connectivity index (χ3n) is 5.02. The summed E-state index contributed by atoms with van der Waals surface area (Å²) in [5, 5.41) is 12.3. The molecule has 5 heteroatoms. The molecule has 134 valence electrons. The minimum Gasteiger partial charge on any atom is -0.396 e. The number of aliphatic hydroxyl groups excluding tert-OH is 1. The van der Waals surface area contributed by atoms with Gasteiger partial charge in [-0.1, -0.05) is 12.1 Å². The monoisotopic (exact) mass is 342 g/mol. The zero-order valence-electron chi connectivity index (χ0n) is 14.6. The molecule has 1 aliphatic heterocycles. The van der Waals surface area contributed by atoms with Gasteiger partial charge in [0.15, 0.2) is 0 Å². The van der Waals surface area contributed by atoms with E-state index in [2.05, 4.69) is 5.32 Å². The molecule has 1 saturated carbocycles. The second kappa shape index (κ2) is 7.83. The predicted molar refractivity (Wildman–Crippen MR) is 96.9 cm³/mol. The molecule has 1 aromatic carbocycles. The summed E-state index contributed by atoms with van der Waals surface area (Å²) in [6.45, 7) is 2.79. The summed E-state index contributed by atoms with van der Waals surface area (Å²) in [4.78, 5) is 26.2. The third kappa shape index (κ3) is 4.69. The van der Waals surface area contributed by atoms with Gasteiger partial charge < -0.3 is 15.3 Å². The summed E-state index contributed by atoms with van der Waals surface area (Å²) in [5.41, 5.74) is 1.53. The lowest BCUT2D eigenvalue weighted by molar-refractivity contribution is -0.130. The molecule has 5 nitrogen and oxygen atoms in total. The summed E-state index contributed by atoms with van der Waals surface area (Å²) >= 11 is 0. The van der Waals surface area contributed by atoms with Gasteiger partial charge in [0.25, 0.3) is 5.91 Å². The normalized spacial score (nSPS) is 23.7. The Bertz CT molecular complexity index is 649. The molecule has 0 spiro atoms. The SMILES string of the molecule is CC1CCC(CO)CN1C(=O)/C=C/c1ccc(C(=O)NC2CC2)cc1. The van der Waals surface area contributed by atoms with Crippen LogP contribution in [0, 0.1) is 5.92 Å². The van der Waals surface area contributed by atoms with Crippen LogP contribution in [0.25, 0.3) is 6.08 Å². The van der Waals surface area contributed by atoms with E-state index < -0.39 is 0 Å². The fourth-order valence-corrected chi connectivity index (χ4v) is 3.14. The molecule has 1 heterocycles. The van der Waals surface area contributed by atoms with Crippen LogP contribution < -0.4 is 5.32 Å². The van der Waals surface area contributed by atoms with Crippen molar-refractivity contribution < 1.29 is 14.7 Å². The van der Waals surface area contributed by atoms with Crippen LogP contribution in [0.1, 0.15) is 48.5 Å². The highest BCUT2D eigenvalue weighted by Crippen LogP contribution is 2.22. The second-order valence-electron chi connectivity index (χ2n) is 7.17. The van der Waals surface area contributed by atoms with Gasteiger partial charge in [0.05, 0.1) is 0 Å². The van der Waals surface area contributed by atoms with Crippen LogP contribution in [0.3, 0.4) is 0 Å². The van der Waals surface area contributed by atoms with Crippen molar-refractivity contribution >= 4 is 17.9 Å². The first kappa shape index (κ1) is 17.7. The maximum atomic E-state index is 12.4. The van der Waals surface area contributed by atoms with Gasteiger partial charge in [-0.2, -0.15) is 0 Å². The predicted octanol–water partition coefficient (Wildman–Crippen LogP) is 2.21. The van der Waals surface area contributed by atoms with Crippen LogP contribution in [0.4, 0.5) is 0 Å². The Morgan fingerprint density at radius 3 is 2.56 bits per heavy atom. The second-order valence-corrected chi connectivity index (χ2v) is 7.17. The van der Waals surface area contributed by atoms with Crippen molar-refractivity contribution in [3.63, 3.8) is 0 Å². The summed E-state index contributed by atoms with van der Waals surface area (Å²) in [5.74, 6) is 0.116. The van der Waals surface area contributed by atoms with Crippen molar-refractivity contribution in [1.82, 2.24) is 10.2 Å². The zero-order valence-corrected chi connectivity index (χ0v) is 14.6. The van der Waals surface area contributed by atoms with Gasteiger partial charge in [-0.3, -0.25) is 9.59 Å². The van der Waals surface area contributed by atoms with E-state index >= 15 is 0 Å². The number of nitrogens with one attached hydrogen (secondary N) is 1. The van der Waals surface area contributed by atoms with Gasteiger partial charge in [-0.05, 0) is 62.3 Å². The Labute approximate surface area is 148 Å². The summed E-state index contributed by atoms with van der Waals surface area (Å²) in [7, 11) is 0. The molecular formula is C20H26N2O3. The van der Waals surface area contributed by atoms with Crippen LogP contribution in [0.15, 0.2) is 30.3 Å². The number of aliphatic hydroxyl groups is 1. The Hall–Kier alpha value is -2.14. The minimum absolute atomic E-state index is 0.0267. The summed E-state index contributed by atoms with van der Waals surface area (Å²) in [6, 6.07) is 7.82. The van der Waals surface area contributed by atoms with Crippen LogP contribution in [-0.4, -0.2) is 47.1 Å². The number of piperidine rings is 1. The number of likely N-dealkylation sites (tertiary alicyclic amines) is 1. The molecule has 3 rings (SSSR count). The third-order valence-corrected chi connectivity index (χ3v) is 5.02. The van der Waals surface area contributed by atoms with Crippen molar-refractivity contribution in [2.75, 3.05) is 13.2 Å². The van der Waals surface area contributed by atoms with Gasteiger partial charge in [-0.25, -0.2) is 0 Å². The number of benzene rings is 1. The standard InChI is InChI=1S/C20H26N2O3/c1-14-2-3-16(13-23)12-22(14)19(24)11-6-15-4-7-17(8-5-15)20(25)21-18-9-10-18/h4-8,11,14,16,18,23H,2-3,9-10,12-13H2,1H3,(H,21,25)/b11-6+. The quantitative estimate of drug-likeness (QED) is 0.806. The molecule has 1 saturated heterocycles. The molecule has 0 radical (unpaired) electrons. The number of hydrogen-bond acceptors (Lipinski definition) is 3. The Balaban J connectivity index is 1.58. The molecular weight excluding hydrogens is 316 g/mol. The van der Waals surface area contributed by atoms with Crippen molar-refractivity contribution in [3.05, 3.63) is 41.5 Å². The van der Waals surface area contributed by atoms with Gasteiger partial charge in [0, 0.05) is 36.9 Å². The number of carbonyl (C=O) groups is 2. The number of rotatable bonds is 5. The molecule has 2 unspecified atom stereocenters. The molecule has 1 aromatic rings. The van der Waals surface area contributed by atoms with E-state index in [4.69, 9.17) is 0 Å². The van der Waals surface area contributed by atoms with E-state index in [0.717, 1.165) is 31.2 Å². The van der Waals surface area contributed by atoms with E-state index in [-0.39, 0.29) is 30.4 Å². The molecule has 0 bridgehead atoms. The van der Waals surface area contributed by atoms with Crippen LogP contribution in [-0.2, 0) is 4.79 Å². The smallest absolute Gasteiger partial charge is 0.251 e. The minimum atomic E-state index is -0.0358. The van der Waals surface area contributed by atoms with Crippen LogP contribution in [0.5, 0.6) is 0 Å². The van der Waals surface area contributed by atoms with Gasteiger partial charge in [-0.15, -0.1) is 0 Å². The molecule has 0 aromatic heterocycles. The fourth-order valence-electron chi connectivity index (χ4n) is 3.14. The maximum absolute atomic E-state index is 12.4. The fraction of sp³-hybridized carbons (Fsp3) is 0.500.